The molecule has 2 heterocycles. The van der Waals surface area contributed by atoms with Gasteiger partial charge in [-0.25, -0.2) is 0 Å². The number of fused-ring (bicyclic) bond motifs is 2. The van der Waals surface area contributed by atoms with E-state index >= 15 is 0 Å². The third kappa shape index (κ3) is 5.63. The highest BCUT2D eigenvalue weighted by Gasteiger charge is 2.36. The second-order valence-corrected chi connectivity index (χ2v) is 8.16. The predicted octanol–water partition coefficient (Wildman–Crippen LogP) is 2.83. The third-order valence-corrected chi connectivity index (χ3v) is 6.10. The number of nitrogens with zero attached hydrogens (tertiary/aromatic N) is 1. The topological polar surface area (TPSA) is 61.4 Å². The Morgan fingerprint density at radius 3 is 2.38 bits per heavy atom. The fourth-order valence-electron chi connectivity index (χ4n) is 3.71. The van der Waals surface area contributed by atoms with Crippen molar-refractivity contribution in [2.45, 2.75) is 50.7 Å². The first kappa shape index (κ1) is 21.1. The molecule has 26 heavy (non-hydrogen) atoms. The predicted molar refractivity (Wildman–Crippen MR) is 110 cm³/mol. The number of anilines is 1. The maximum absolute atomic E-state index is 12.4. The minimum Gasteiger partial charge on any atom is -0.342 e. The number of hydrogen-bond donors (Lipinski definition) is 2. The molecule has 2 aliphatic rings. The third-order valence-electron chi connectivity index (χ3n) is 5.18. The first-order valence-electron chi connectivity index (χ1n) is 8.97. The minimum atomic E-state index is -0.0655. The SMILES string of the molecule is Cc1ccc(NC(=O)CSCC(=O)N(C)C2CC3CCC(C2)N3)cc1.Cl. The van der Waals surface area contributed by atoms with Crippen LogP contribution in [0.25, 0.3) is 0 Å². The number of rotatable bonds is 6. The van der Waals surface area contributed by atoms with Crippen LogP contribution in [0.15, 0.2) is 24.3 Å². The smallest absolute Gasteiger partial charge is 0.234 e. The molecule has 5 nitrogen and oxygen atoms in total. The van der Waals surface area contributed by atoms with Crippen molar-refractivity contribution in [2.75, 3.05) is 23.9 Å². The molecule has 0 saturated carbocycles. The van der Waals surface area contributed by atoms with Gasteiger partial charge in [0.1, 0.15) is 0 Å². The molecule has 0 spiro atoms. The summed E-state index contributed by atoms with van der Waals surface area (Å²) < 4.78 is 0. The van der Waals surface area contributed by atoms with E-state index in [9.17, 15) is 9.59 Å². The molecular formula is C19H28ClN3O2S. The van der Waals surface area contributed by atoms with Crippen LogP contribution in [-0.2, 0) is 9.59 Å². The van der Waals surface area contributed by atoms with Gasteiger partial charge < -0.3 is 15.5 Å². The summed E-state index contributed by atoms with van der Waals surface area (Å²) in [6.07, 6.45) is 4.57. The molecule has 2 atom stereocenters. The quantitative estimate of drug-likeness (QED) is 0.774. The lowest BCUT2D eigenvalue weighted by atomic mass is 9.98. The molecule has 2 bridgehead atoms. The zero-order valence-electron chi connectivity index (χ0n) is 15.4. The van der Waals surface area contributed by atoms with Gasteiger partial charge in [-0.15, -0.1) is 24.2 Å². The summed E-state index contributed by atoms with van der Waals surface area (Å²) >= 11 is 1.38. The monoisotopic (exact) mass is 397 g/mol. The largest absolute Gasteiger partial charge is 0.342 e. The Hall–Kier alpha value is -1.24. The Balaban J connectivity index is 0.00000243. The summed E-state index contributed by atoms with van der Waals surface area (Å²) in [5, 5.41) is 6.47. The Bertz CT molecular complexity index is 614. The van der Waals surface area contributed by atoms with Crippen LogP contribution in [0.5, 0.6) is 0 Å². The van der Waals surface area contributed by atoms with E-state index in [4.69, 9.17) is 0 Å². The van der Waals surface area contributed by atoms with Gasteiger partial charge in [0, 0.05) is 30.9 Å². The van der Waals surface area contributed by atoms with Crippen LogP contribution < -0.4 is 10.6 Å². The van der Waals surface area contributed by atoms with Crippen molar-refractivity contribution in [1.29, 1.82) is 0 Å². The van der Waals surface area contributed by atoms with E-state index in [1.54, 1.807) is 0 Å². The molecule has 144 valence electrons. The molecule has 2 fully saturated rings. The van der Waals surface area contributed by atoms with Gasteiger partial charge in [0.15, 0.2) is 0 Å². The average Bonchev–Trinajstić information content (AvgIpc) is 2.94. The van der Waals surface area contributed by atoms with Crippen LogP contribution in [0.4, 0.5) is 5.69 Å². The van der Waals surface area contributed by atoms with E-state index in [1.807, 2.05) is 43.1 Å². The summed E-state index contributed by atoms with van der Waals surface area (Å²) in [5.74, 6) is 0.714. The van der Waals surface area contributed by atoms with Crippen LogP contribution >= 0.6 is 24.2 Å². The van der Waals surface area contributed by atoms with Crippen molar-refractivity contribution in [3.63, 3.8) is 0 Å². The second-order valence-electron chi connectivity index (χ2n) is 7.17. The average molecular weight is 398 g/mol. The van der Waals surface area contributed by atoms with Gasteiger partial charge in [0.2, 0.25) is 11.8 Å². The van der Waals surface area contributed by atoms with Crippen LogP contribution in [0.2, 0.25) is 0 Å². The lowest BCUT2D eigenvalue weighted by Gasteiger charge is -2.35. The summed E-state index contributed by atoms with van der Waals surface area (Å²) in [6.45, 7) is 2.01. The normalized spacial score (nSPS) is 23.8. The first-order valence-corrected chi connectivity index (χ1v) is 10.1. The van der Waals surface area contributed by atoms with Crippen molar-refractivity contribution >= 4 is 41.7 Å². The molecule has 2 saturated heterocycles. The molecule has 0 aromatic heterocycles. The molecule has 2 aliphatic heterocycles. The molecule has 0 aliphatic carbocycles. The number of carbonyl (C=O) groups excluding carboxylic acids is 2. The van der Waals surface area contributed by atoms with Crippen LogP contribution in [0.1, 0.15) is 31.2 Å². The van der Waals surface area contributed by atoms with E-state index in [1.165, 1.54) is 24.6 Å². The number of amides is 2. The van der Waals surface area contributed by atoms with Gasteiger partial charge in [-0.1, -0.05) is 17.7 Å². The first-order chi connectivity index (χ1) is 12.0. The Kier molecular flexibility index (Phi) is 7.80. The number of nitrogens with one attached hydrogen (secondary N) is 2. The van der Waals surface area contributed by atoms with Gasteiger partial charge in [-0.2, -0.15) is 0 Å². The fourth-order valence-corrected chi connectivity index (χ4v) is 4.45. The summed E-state index contributed by atoms with van der Waals surface area (Å²) in [7, 11) is 1.91. The van der Waals surface area contributed by atoms with Crippen molar-refractivity contribution in [3.8, 4) is 0 Å². The van der Waals surface area contributed by atoms with E-state index in [2.05, 4.69) is 10.6 Å². The number of piperidine rings is 1. The summed E-state index contributed by atoms with van der Waals surface area (Å²) in [6, 6.07) is 9.21. The lowest BCUT2D eigenvalue weighted by molar-refractivity contribution is -0.129. The number of aryl methyl sites for hydroxylation is 1. The number of halogens is 1. The molecule has 7 heteroatoms. The maximum Gasteiger partial charge on any atom is 0.234 e. The molecule has 1 aromatic carbocycles. The highest BCUT2D eigenvalue weighted by atomic mass is 35.5. The summed E-state index contributed by atoms with van der Waals surface area (Å²) in [5.41, 5.74) is 1.96. The molecule has 2 amide bonds. The van der Waals surface area contributed by atoms with E-state index in [0.29, 0.717) is 29.6 Å². The van der Waals surface area contributed by atoms with E-state index in [-0.39, 0.29) is 24.2 Å². The molecule has 1 aromatic rings. The number of benzene rings is 1. The highest BCUT2D eigenvalue weighted by Crippen LogP contribution is 2.29. The van der Waals surface area contributed by atoms with Crippen molar-refractivity contribution < 1.29 is 9.59 Å². The Morgan fingerprint density at radius 2 is 1.77 bits per heavy atom. The van der Waals surface area contributed by atoms with Gasteiger partial charge in [-0.3, -0.25) is 9.59 Å². The van der Waals surface area contributed by atoms with Crippen LogP contribution in [-0.4, -0.2) is 53.4 Å². The Morgan fingerprint density at radius 1 is 1.15 bits per heavy atom. The fraction of sp³-hybridized carbons (Fsp3) is 0.579. The molecular weight excluding hydrogens is 370 g/mol. The highest BCUT2D eigenvalue weighted by molar-refractivity contribution is 8.00. The van der Waals surface area contributed by atoms with E-state index < -0.39 is 0 Å². The Labute approximate surface area is 166 Å². The summed E-state index contributed by atoms with van der Waals surface area (Å²) in [4.78, 5) is 26.3. The second kappa shape index (κ2) is 9.62. The standard InChI is InChI=1S/C19H27N3O2S.ClH/c1-13-3-5-14(6-4-13)21-18(23)11-25-12-19(24)22(2)17-9-15-7-8-16(10-17)20-15;/h3-6,15-17,20H,7-12H2,1-2H3,(H,21,23);1H. The molecule has 0 radical (unpaired) electrons. The van der Waals surface area contributed by atoms with Crippen molar-refractivity contribution in [2.24, 2.45) is 0 Å². The van der Waals surface area contributed by atoms with Crippen molar-refractivity contribution in [3.05, 3.63) is 29.8 Å². The minimum absolute atomic E-state index is 0. The molecule has 2 N–H and O–H groups in total. The maximum atomic E-state index is 12.4. The van der Waals surface area contributed by atoms with Crippen molar-refractivity contribution in [1.82, 2.24) is 10.2 Å². The number of hydrogen-bond acceptors (Lipinski definition) is 4. The van der Waals surface area contributed by atoms with Gasteiger partial charge in [0.05, 0.1) is 11.5 Å². The number of carbonyl (C=O) groups is 2. The van der Waals surface area contributed by atoms with Gasteiger partial charge >= 0.3 is 0 Å². The van der Waals surface area contributed by atoms with Crippen LogP contribution in [0, 0.1) is 6.92 Å². The molecule has 3 rings (SSSR count). The molecule has 2 unspecified atom stereocenters. The lowest BCUT2D eigenvalue weighted by Crippen LogP contribution is -2.49. The van der Waals surface area contributed by atoms with E-state index in [0.717, 1.165) is 24.1 Å². The van der Waals surface area contributed by atoms with Gasteiger partial charge in [-0.05, 0) is 44.7 Å². The zero-order chi connectivity index (χ0) is 17.8. The number of thioether (sulfide) groups is 1. The zero-order valence-corrected chi connectivity index (χ0v) is 17.0. The van der Waals surface area contributed by atoms with Crippen LogP contribution in [0.3, 0.4) is 0 Å². The van der Waals surface area contributed by atoms with Gasteiger partial charge in [0.25, 0.3) is 0 Å².